The maximum atomic E-state index is 4.29. The van der Waals surface area contributed by atoms with Gasteiger partial charge in [-0.25, -0.2) is 4.99 Å². The minimum atomic E-state index is 1.09. The summed E-state index contributed by atoms with van der Waals surface area (Å²) >= 11 is 0. The Balaban J connectivity index is 2.64. The molecule has 0 fully saturated rings. The normalized spacial score (nSPS) is 17.9. The number of hydrogen-bond donors (Lipinski definition) is 0. The van der Waals surface area contributed by atoms with E-state index in [1.54, 1.807) is 0 Å². The van der Waals surface area contributed by atoms with Gasteiger partial charge in [0.25, 0.3) is 0 Å². The topological polar surface area (TPSA) is 15.6 Å². The summed E-state index contributed by atoms with van der Waals surface area (Å²) in [6.07, 6.45) is 4.21. The van der Waals surface area contributed by atoms with Crippen molar-refractivity contribution in [3.63, 3.8) is 0 Å². The van der Waals surface area contributed by atoms with E-state index in [1.165, 1.54) is 11.4 Å². The zero-order valence-electron chi connectivity index (χ0n) is 6.89. The van der Waals surface area contributed by atoms with Crippen molar-refractivity contribution in [1.82, 2.24) is 4.90 Å². The average molecular weight is 138 g/mol. The van der Waals surface area contributed by atoms with Crippen LogP contribution in [0.15, 0.2) is 16.8 Å². The molecule has 0 atom stereocenters. The quantitative estimate of drug-likeness (QED) is 0.497. The molecule has 0 aliphatic carbocycles. The molecule has 0 saturated heterocycles. The highest BCUT2D eigenvalue weighted by atomic mass is 15.1. The second-order valence-corrected chi connectivity index (χ2v) is 2.92. The molecule has 1 aliphatic heterocycles. The molecule has 0 bridgehead atoms. The number of nitrogens with zero attached hydrogens (tertiary/aromatic N) is 2. The summed E-state index contributed by atoms with van der Waals surface area (Å²) < 4.78 is 0. The smallest absolute Gasteiger partial charge is 0.104 e. The first-order chi connectivity index (χ1) is 4.70. The van der Waals surface area contributed by atoms with Gasteiger partial charge in [0.15, 0.2) is 0 Å². The monoisotopic (exact) mass is 138 g/mol. The van der Waals surface area contributed by atoms with Crippen LogP contribution in [0.1, 0.15) is 19.8 Å². The fourth-order valence-corrected chi connectivity index (χ4v) is 0.962. The van der Waals surface area contributed by atoms with Crippen LogP contribution in [0.2, 0.25) is 0 Å². The Morgan fingerprint density at radius 3 is 2.50 bits per heavy atom. The Hall–Kier alpha value is -0.790. The first-order valence-corrected chi connectivity index (χ1v) is 3.60. The zero-order chi connectivity index (χ0) is 7.56. The van der Waals surface area contributed by atoms with Crippen molar-refractivity contribution in [2.24, 2.45) is 4.99 Å². The maximum absolute atomic E-state index is 4.29. The van der Waals surface area contributed by atoms with Crippen molar-refractivity contribution >= 4 is 5.84 Å². The SMILES string of the molecule is CC1=CN=C(N(C)C)CC1. The molecule has 1 rings (SSSR count). The fraction of sp³-hybridized carbons (Fsp3) is 0.625. The van der Waals surface area contributed by atoms with Gasteiger partial charge in [0, 0.05) is 26.7 Å². The highest BCUT2D eigenvalue weighted by Gasteiger charge is 2.05. The van der Waals surface area contributed by atoms with Crippen molar-refractivity contribution in [3.05, 3.63) is 11.8 Å². The van der Waals surface area contributed by atoms with Crippen molar-refractivity contribution in [3.8, 4) is 0 Å². The van der Waals surface area contributed by atoms with Gasteiger partial charge < -0.3 is 4.90 Å². The van der Waals surface area contributed by atoms with Gasteiger partial charge in [-0.05, 0) is 13.3 Å². The number of allylic oxidation sites excluding steroid dienone is 1. The van der Waals surface area contributed by atoms with Gasteiger partial charge in [-0.3, -0.25) is 0 Å². The van der Waals surface area contributed by atoms with E-state index in [0.717, 1.165) is 12.8 Å². The molecule has 0 unspecified atom stereocenters. The van der Waals surface area contributed by atoms with Gasteiger partial charge in [0.1, 0.15) is 5.84 Å². The molecule has 1 heterocycles. The molecule has 2 heteroatoms. The molecule has 56 valence electrons. The van der Waals surface area contributed by atoms with Gasteiger partial charge >= 0.3 is 0 Å². The van der Waals surface area contributed by atoms with Crippen LogP contribution in [0.3, 0.4) is 0 Å². The number of aliphatic imine (C=N–C) groups is 1. The summed E-state index contributed by atoms with van der Waals surface area (Å²) in [6, 6.07) is 0. The Kier molecular flexibility index (Phi) is 2.10. The third kappa shape index (κ3) is 1.59. The first-order valence-electron chi connectivity index (χ1n) is 3.60. The molecule has 0 aromatic rings. The minimum absolute atomic E-state index is 1.09. The van der Waals surface area contributed by atoms with Crippen LogP contribution in [-0.2, 0) is 0 Å². The van der Waals surface area contributed by atoms with Crippen molar-refractivity contribution < 1.29 is 0 Å². The van der Waals surface area contributed by atoms with Crippen LogP contribution < -0.4 is 0 Å². The summed E-state index contributed by atoms with van der Waals surface area (Å²) in [5, 5.41) is 0. The Bertz CT molecular complexity index is 178. The first kappa shape index (κ1) is 7.32. The van der Waals surface area contributed by atoms with E-state index >= 15 is 0 Å². The van der Waals surface area contributed by atoms with E-state index in [0.29, 0.717) is 0 Å². The lowest BCUT2D eigenvalue weighted by molar-refractivity contribution is 0.598. The molecule has 0 spiro atoms. The molecular weight excluding hydrogens is 124 g/mol. The lowest BCUT2D eigenvalue weighted by Gasteiger charge is -2.17. The number of amidine groups is 1. The molecule has 0 radical (unpaired) electrons. The molecule has 0 aromatic carbocycles. The second-order valence-electron chi connectivity index (χ2n) is 2.92. The fourth-order valence-electron chi connectivity index (χ4n) is 0.962. The van der Waals surface area contributed by atoms with E-state index in [9.17, 15) is 0 Å². The summed E-state index contributed by atoms with van der Waals surface area (Å²) in [4.78, 5) is 6.36. The predicted molar refractivity (Wildman–Crippen MR) is 44.1 cm³/mol. The highest BCUT2D eigenvalue weighted by molar-refractivity contribution is 5.83. The zero-order valence-corrected chi connectivity index (χ0v) is 6.89. The van der Waals surface area contributed by atoms with E-state index in [2.05, 4.69) is 16.8 Å². The summed E-state index contributed by atoms with van der Waals surface area (Å²) in [5.41, 5.74) is 1.38. The Morgan fingerprint density at radius 2 is 2.10 bits per heavy atom. The molecule has 1 aliphatic rings. The molecule has 2 nitrogen and oxygen atoms in total. The predicted octanol–water partition coefficient (Wildman–Crippen LogP) is 1.64. The molecule has 10 heavy (non-hydrogen) atoms. The van der Waals surface area contributed by atoms with Gasteiger partial charge in [0.2, 0.25) is 0 Å². The third-order valence-electron chi connectivity index (χ3n) is 1.69. The van der Waals surface area contributed by atoms with Crippen LogP contribution >= 0.6 is 0 Å². The van der Waals surface area contributed by atoms with Crippen LogP contribution in [-0.4, -0.2) is 24.8 Å². The van der Waals surface area contributed by atoms with E-state index < -0.39 is 0 Å². The van der Waals surface area contributed by atoms with Crippen molar-refractivity contribution in [2.45, 2.75) is 19.8 Å². The third-order valence-corrected chi connectivity index (χ3v) is 1.69. The van der Waals surface area contributed by atoms with Crippen LogP contribution in [0.25, 0.3) is 0 Å². The van der Waals surface area contributed by atoms with E-state index in [-0.39, 0.29) is 0 Å². The van der Waals surface area contributed by atoms with Gasteiger partial charge in [-0.15, -0.1) is 0 Å². The molecule has 0 saturated carbocycles. The van der Waals surface area contributed by atoms with Crippen LogP contribution in [0.5, 0.6) is 0 Å². The number of rotatable bonds is 0. The standard InChI is InChI=1S/C8H14N2/c1-7-4-5-8(9-6-7)10(2)3/h6H,4-5H2,1-3H3. The van der Waals surface area contributed by atoms with Crippen LogP contribution in [0.4, 0.5) is 0 Å². The maximum Gasteiger partial charge on any atom is 0.104 e. The second kappa shape index (κ2) is 2.86. The Morgan fingerprint density at radius 1 is 1.40 bits per heavy atom. The van der Waals surface area contributed by atoms with Gasteiger partial charge in [-0.2, -0.15) is 0 Å². The summed E-state index contributed by atoms with van der Waals surface area (Å²) in [6.45, 7) is 2.12. The Labute approximate surface area is 62.3 Å². The largest absolute Gasteiger partial charge is 0.366 e. The lowest BCUT2D eigenvalue weighted by atomic mass is 10.1. The molecule has 0 amide bonds. The lowest BCUT2D eigenvalue weighted by Crippen LogP contribution is -2.22. The summed E-state index contributed by atoms with van der Waals surface area (Å²) in [7, 11) is 4.07. The highest BCUT2D eigenvalue weighted by Crippen LogP contribution is 2.11. The van der Waals surface area contributed by atoms with E-state index in [4.69, 9.17) is 0 Å². The van der Waals surface area contributed by atoms with Gasteiger partial charge in [0.05, 0.1) is 0 Å². The molecule has 0 aromatic heterocycles. The average Bonchev–Trinajstić information content (AvgIpc) is 1.88. The van der Waals surface area contributed by atoms with Crippen molar-refractivity contribution in [2.75, 3.05) is 14.1 Å². The number of hydrogen-bond acceptors (Lipinski definition) is 2. The van der Waals surface area contributed by atoms with Crippen LogP contribution in [0, 0.1) is 0 Å². The van der Waals surface area contributed by atoms with Gasteiger partial charge in [-0.1, -0.05) is 5.57 Å². The van der Waals surface area contributed by atoms with Crippen molar-refractivity contribution in [1.29, 1.82) is 0 Å². The molecular formula is C8H14N2. The minimum Gasteiger partial charge on any atom is -0.366 e. The van der Waals surface area contributed by atoms with E-state index in [1.807, 2.05) is 20.3 Å². The summed E-state index contributed by atoms with van der Waals surface area (Å²) in [5.74, 6) is 1.19. The molecule has 0 N–H and O–H groups in total.